The number of hydrogen-bond donors (Lipinski definition) is 6. The van der Waals surface area contributed by atoms with E-state index in [1.165, 1.54) is 24.8 Å². The van der Waals surface area contributed by atoms with Gasteiger partial charge in [0.1, 0.15) is 17.9 Å². The molecular weight excluding hydrogens is 587 g/mol. The summed E-state index contributed by atoms with van der Waals surface area (Å²) in [6, 6.07) is 6.96. The lowest BCUT2D eigenvalue weighted by Crippen LogP contribution is -2.36. The number of amides is 3. The number of nitrogens with one attached hydrogen (secondary N) is 3. The summed E-state index contributed by atoms with van der Waals surface area (Å²) in [4.78, 5) is 51.1. The second-order valence-electron chi connectivity index (χ2n) is 10.1. The van der Waals surface area contributed by atoms with Crippen LogP contribution in [0.15, 0.2) is 43.0 Å². The predicted molar refractivity (Wildman–Crippen MR) is 153 cm³/mol. The van der Waals surface area contributed by atoms with Crippen LogP contribution in [0, 0.1) is 5.92 Å². The van der Waals surface area contributed by atoms with Gasteiger partial charge in [-0.05, 0) is 30.7 Å². The van der Waals surface area contributed by atoms with Gasteiger partial charge in [-0.15, -0.1) is 0 Å². The fourth-order valence-corrected chi connectivity index (χ4v) is 5.82. The summed E-state index contributed by atoms with van der Waals surface area (Å²) in [7, 11) is 0. The first-order valence-electron chi connectivity index (χ1n) is 12.9. The largest absolute Gasteiger partial charge is 0.390 e. The minimum atomic E-state index is -1.17. The molecule has 0 spiro atoms. The molecule has 6 rings (SSSR count). The van der Waals surface area contributed by atoms with Gasteiger partial charge in [0.15, 0.2) is 11.5 Å². The second kappa shape index (κ2) is 10.8. The van der Waals surface area contributed by atoms with Gasteiger partial charge >= 0.3 is 0 Å². The van der Waals surface area contributed by atoms with E-state index in [1.807, 2.05) is 0 Å². The van der Waals surface area contributed by atoms with E-state index in [2.05, 4.69) is 30.9 Å². The zero-order valence-electron chi connectivity index (χ0n) is 21.7. The van der Waals surface area contributed by atoms with Gasteiger partial charge in [0.25, 0.3) is 17.7 Å². The minimum Gasteiger partial charge on any atom is -0.390 e. The van der Waals surface area contributed by atoms with Crippen molar-refractivity contribution in [2.45, 2.75) is 31.2 Å². The Morgan fingerprint density at radius 2 is 1.81 bits per heavy atom. The van der Waals surface area contributed by atoms with Crippen LogP contribution in [0.1, 0.15) is 49.1 Å². The molecule has 15 heteroatoms. The standard InChI is InChI=1S/C27H24Cl2N8O5/c28-16-5-13(14(6-17(16)29)27(42)36-18-3-1-2-12-15(18)8-32-25(12)40)26(41)31-7-11-4-19(22(39)21(11)38)37-10-35-20-23(30)33-9-34-24(20)37/h1-3,5-6,9-11,19,21-22,38-39H,4,7-8H2,(H,31,41)(H,32,40)(H,36,42)(H2,30,33,34)/t11?,19-,21-,22+/m1/s1. The van der Waals surface area contributed by atoms with E-state index in [-0.39, 0.29) is 46.0 Å². The Morgan fingerprint density at radius 3 is 2.57 bits per heavy atom. The maximum atomic E-state index is 13.3. The second-order valence-corrected chi connectivity index (χ2v) is 10.9. The molecule has 216 valence electrons. The average Bonchev–Trinajstić information content (AvgIpc) is 3.65. The first-order valence-corrected chi connectivity index (χ1v) is 13.7. The van der Waals surface area contributed by atoms with E-state index in [1.54, 1.807) is 22.8 Å². The van der Waals surface area contributed by atoms with Crippen LogP contribution in [0.5, 0.6) is 0 Å². The molecule has 0 saturated heterocycles. The summed E-state index contributed by atoms with van der Waals surface area (Å²) in [5, 5.41) is 30.0. The van der Waals surface area contributed by atoms with Gasteiger partial charge in [-0.3, -0.25) is 14.4 Å². The number of carbonyl (C=O) groups is 3. The molecule has 4 aromatic rings. The summed E-state index contributed by atoms with van der Waals surface area (Å²) in [5.74, 6) is -1.85. The molecule has 1 unspecified atom stereocenters. The number of aliphatic hydroxyl groups excluding tert-OH is 2. The van der Waals surface area contributed by atoms with Crippen molar-refractivity contribution in [2.24, 2.45) is 5.92 Å². The van der Waals surface area contributed by atoms with Crippen molar-refractivity contribution in [3.63, 3.8) is 0 Å². The van der Waals surface area contributed by atoms with Crippen molar-refractivity contribution in [1.82, 2.24) is 30.2 Å². The van der Waals surface area contributed by atoms with Gasteiger partial charge in [-0.2, -0.15) is 0 Å². The molecule has 42 heavy (non-hydrogen) atoms. The van der Waals surface area contributed by atoms with Crippen LogP contribution in [-0.2, 0) is 6.54 Å². The molecule has 1 fully saturated rings. The van der Waals surface area contributed by atoms with Gasteiger partial charge < -0.3 is 36.5 Å². The van der Waals surface area contributed by atoms with Crippen LogP contribution in [0.3, 0.4) is 0 Å². The maximum Gasteiger partial charge on any atom is 0.256 e. The molecule has 2 aliphatic rings. The van der Waals surface area contributed by atoms with Gasteiger partial charge in [0.2, 0.25) is 0 Å². The number of rotatable bonds is 6. The molecule has 2 aromatic heterocycles. The van der Waals surface area contributed by atoms with Gasteiger partial charge in [0.05, 0.1) is 39.6 Å². The highest BCUT2D eigenvalue weighted by Crippen LogP contribution is 2.37. The molecule has 2 aromatic carbocycles. The summed E-state index contributed by atoms with van der Waals surface area (Å²) in [6.45, 7) is 0.240. The molecular formula is C27H24Cl2N8O5. The van der Waals surface area contributed by atoms with Crippen molar-refractivity contribution in [1.29, 1.82) is 0 Å². The molecule has 3 amide bonds. The van der Waals surface area contributed by atoms with Crippen LogP contribution < -0.4 is 21.7 Å². The van der Waals surface area contributed by atoms with E-state index in [0.29, 0.717) is 34.4 Å². The normalized spacial score (nSPS) is 21.3. The number of hydrogen-bond acceptors (Lipinski definition) is 9. The number of fused-ring (bicyclic) bond motifs is 2. The predicted octanol–water partition coefficient (Wildman–Crippen LogP) is 1.92. The molecule has 0 radical (unpaired) electrons. The molecule has 1 aliphatic carbocycles. The zero-order chi connectivity index (χ0) is 29.7. The molecule has 13 nitrogen and oxygen atoms in total. The SMILES string of the molecule is Nc1ncnc2c1ncn2[C@@H]1CC(CNC(=O)c2cc(Cl)c(Cl)cc2C(=O)Nc2cccc3c2CNC3=O)[C@@H](O)[C@H]1O. The van der Waals surface area contributed by atoms with Crippen LogP contribution in [0.25, 0.3) is 11.2 Å². The Kier molecular flexibility index (Phi) is 7.19. The van der Waals surface area contributed by atoms with E-state index >= 15 is 0 Å². The Labute approximate surface area is 248 Å². The van der Waals surface area contributed by atoms with Crippen LogP contribution in [0.2, 0.25) is 10.0 Å². The number of nitrogen functional groups attached to an aromatic ring is 1. The lowest BCUT2D eigenvalue weighted by atomic mass is 10.0. The van der Waals surface area contributed by atoms with E-state index < -0.39 is 36.0 Å². The molecule has 7 N–H and O–H groups in total. The number of nitrogens with two attached hydrogens (primary N) is 1. The highest BCUT2D eigenvalue weighted by molar-refractivity contribution is 6.42. The third-order valence-electron chi connectivity index (χ3n) is 7.68. The number of anilines is 2. The lowest BCUT2D eigenvalue weighted by molar-refractivity contribution is 0.00693. The Balaban J connectivity index is 1.20. The number of halogens is 2. The maximum absolute atomic E-state index is 13.3. The Morgan fingerprint density at radius 1 is 1.07 bits per heavy atom. The van der Waals surface area contributed by atoms with Gasteiger partial charge in [-0.25, -0.2) is 15.0 Å². The summed E-state index contributed by atoms with van der Waals surface area (Å²) >= 11 is 12.4. The topological polar surface area (TPSA) is 197 Å². The molecule has 3 heterocycles. The Hall–Kier alpha value is -4.30. The lowest BCUT2D eigenvalue weighted by Gasteiger charge is -2.18. The molecule has 1 saturated carbocycles. The van der Waals surface area contributed by atoms with Crippen LogP contribution in [-0.4, -0.2) is 66.2 Å². The first kappa shape index (κ1) is 27.8. The van der Waals surface area contributed by atoms with Crippen molar-refractivity contribution < 1.29 is 24.6 Å². The van der Waals surface area contributed by atoms with E-state index in [0.717, 1.165) is 0 Å². The third-order valence-corrected chi connectivity index (χ3v) is 8.41. The van der Waals surface area contributed by atoms with Crippen molar-refractivity contribution >= 4 is 63.6 Å². The average molecular weight is 611 g/mol. The fraction of sp³-hybridized carbons (Fsp3) is 0.259. The number of aliphatic hydroxyl groups is 2. The number of nitrogens with zero attached hydrogens (tertiary/aromatic N) is 4. The third kappa shape index (κ3) is 4.79. The van der Waals surface area contributed by atoms with Crippen LogP contribution >= 0.6 is 23.2 Å². The van der Waals surface area contributed by atoms with E-state index in [4.69, 9.17) is 28.9 Å². The van der Waals surface area contributed by atoms with E-state index in [9.17, 15) is 24.6 Å². The Bertz CT molecular complexity index is 1760. The quantitative estimate of drug-likeness (QED) is 0.189. The van der Waals surface area contributed by atoms with Crippen molar-refractivity contribution in [3.05, 3.63) is 75.3 Å². The fourth-order valence-electron chi connectivity index (χ4n) is 5.49. The molecule has 4 atom stereocenters. The summed E-state index contributed by atoms with van der Waals surface area (Å²) in [6.07, 6.45) is 0.725. The molecule has 0 bridgehead atoms. The number of benzene rings is 2. The van der Waals surface area contributed by atoms with Crippen molar-refractivity contribution in [2.75, 3.05) is 17.6 Å². The minimum absolute atomic E-state index is 0.0153. The zero-order valence-corrected chi connectivity index (χ0v) is 23.2. The highest BCUT2D eigenvalue weighted by atomic mass is 35.5. The number of imidazole rings is 1. The van der Waals surface area contributed by atoms with Crippen LogP contribution in [0.4, 0.5) is 11.5 Å². The monoisotopic (exact) mass is 610 g/mol. The number of carbonyl (C=O) groups excluding carboxylic acids is 3. The van der Waals surface area contributed by atoms with Gasteiger partial charge in [-0.1, -0.05) is 29.3 Å². The van der Waals surface area contributed by atoms with Crippen molar-refractivity contribution in [3.8, 4) is 0 Å². The summed E-state index contributed by atoms with van der Waals surface area (Å²) < 4.78 is 1.63. The number of aromatic nitrogens is 4. The smallest absolute Gasteiger partial charge is 0.256 e. The first-order chi connectivity index (χ1) is 20.1. The molecule has 1 aliphatic heterocycles. The summed E-state index contributed by atoms with van der Waals surface area (Å²) in [5.41, 5.74) is 8.09. The van der Waals surface area contributed by atoms with Gasteiger partial charge in [0, 0.05) is 35.8 Å². The highest BCUT2D eigenvalue weighted by Gasteiger charge is 2.43.